The van der Waals surface area contributed by atoms with Crippen molar-refractivity contribution in [3.8, 4) is 11.5 Å². The molecule has 4 heterocycles. The molecule has 0 radical (unpaired) electrons. The number of likely N-dealkylation sites (tertiary alicyclic amines) is 1. The van der Waals surface area contributed by atoms with Crippen LogP contribution in [0.2, 0.25) is 0 Å². The fourth-order valence-electron chi connectivity index (χ4n) is 3.78. The molecule has 4 rings (SSSR count). The van der Waals surface area contributed by atoms with Gasteiger partial charge in [-0.1, -0.05) is 10.3 Å². The molecule has 7 nitrogen and oxygen atoms in total. The molecule has 27 heavy (non-hydrogen) atoms. The zero-order chi connectivity index (χ0) is 18.6. The van der Waals surface area contributed by atoms with Gasteiger partial charge in [-0.05, 0) is 57.7 Å². The van der Waals surface area contributed by atoms with Gasteiger partial charge in [-0.2, -0.15) is 4.98 Å². The fraction of sp³-hybridized carbons (Fsp3) is 0.500. The maximum atomic E-state index is 5.38. The average molecular weight is 367 g/mol. The molecule has 0 saturated carbocycles. The van der Waals surface area contributed by atoms with Crippen LogP contribution >= 0.6 is 0 Å². The second kappa shape index (κ2) is 8.00. The summed E-state index contributed by atoms with van der Waals surface area (Å²) in [6.07, 6.45) is 7.87. The van der Waals surface area contributed by atoms with Gasteiger partial charge in [0, 0.05) is 37.5 Å². The number of rotatable bonds is 6. The fourth-order valence-corrected chi connectivity index (χ4v) is 3.78. The zero-order valence-corrected chi connectivity index (χ0v) is 15.9. The van der Waals surface area contributed by atoms with Crippen LogP contribution < -0.4 is 0 Å². The van der Waals surface area contributed by atoms with Gasteiger partial charge in [0.15, 0.2) is 5.82 Å². The summed E-state index contributed by atoms with van der Waals surface area (Å²) in [5, 5.41) is 8.20. The number of hydrogen-bond donors (Lipinski definition) is 0. The Balaban J connectivity index is 1.32. The molecular weight excluding hydrogens is 342 g/mol. The largest absolute Gasteiger partial charge is 0.361 e. The molecule has 142 valence electrons. The molecule has 0 bridgehead atoms. The summed E-state index contributed by atoms with van der Waals surface area (Å²) in [6.45, 7) is 7.16. The van der Waals surface area contributed by atoms with Gasteiger partial charge in [-0.15, -0.1) is 0 Å². The van der Waals surface area contributed by atoms with Crippen molar-refractivity contribution in [1.29, 1.82) is 0 Å². The first-order valence-electron chi connectivity index (χ1n) is 9.56. The van der Waals surface area contributed by atoms with E-state index >= 15 is 0 Å². The molecule has 1 atom stereocenters. The lowest BCUT2D eigenvalue weighted by molar-refractivity contribution is 0.160. The molecule has 1 unspecified atom stereocenters. The number of piperidine rings is 1. The van der Waals surface area contributed by atoms with Gasteiger partial charge >= 0.3 is 0 Å². The monoisotopic (exact) mass is 367 g/mol. The van der Waals surface area contributed by atoms with Crippen LogP contribution in [-0.2, 0) is 13.0 Å². The van der Waals surface area contributed by atoms with Crippen molar-refractivity contribution in [2.24, 2.45) is 5.92 Å². The van der Waals surface area contributed by atoms with Gasteiger partial charge in [0.2, 0.25) is 0 Å². The van der Waals surface area contributed by atoms with Gasteiger partial charge in [0.1, 0.15) is 5.76 Å². The van der Waals surface area contributed by atoms with Crippen LogP contribution in [0.15, 0.2) is 33.6 Å². The summed E-state index contributed by atoms with van der Waals surface area (Å²) in [7, 11) is 0. The van der Waals surface area contributed by atoms with Crippen LogP contribution in [0, 0.1) is 19.8 Å². The number of hydrogen-bond acceptors (Lipinski definition) is 7. The van der Waals surface area contributed by atoms with Crippen LogP contribution in [0.1, 0.15) is 42.1 Å². The maximum Gasteiger partial charge on any atom is 0.259 e. The van der Waals surface area contributed by atoms with Gasteiger partial charge in [0.05, 0.1) is 11.3 Å². The van der Waals surface area contributed by atoms with Gasteiger partial charge < -0.3 is 9.05 Å². The standard InChI is InChI=1S/C20H25N5O2/c1-14-18(15(2)26-23-14)13-25-10-4-5-16(12-25)7-8-19-22-20(27-24-19)17-6-3-9-21-11-17/h3,6,9,11,16H,4-5,7-8,10,12-13H2,1-2H3. The summed E-state index contributed by atoms with van der Waals surface area (Å²) in [4.78, 5) is 11.1. The molecular formula is C20H25N5O2. The summed E-state index contributed by atoms with van der Waals surface area (Å²) < 4.78 is 10.7. The summed E-state index contributed by atoms with van der Waals surface area (Å²) >= 11 is 0. The zero-order valence-electron chi connectivity index (χ0n) is 15.9. The Morgan fingerprint density at radius 1 is 1.22 bits per heavy atom. The molecule has 0 aliphatic carbocycles. The van der Waals surface area contributed by atoms with E-state index in [-0.39, 0.29) is 0 Å². The molecule has 1 fully saturated rings. The first kappa shape index (κ1) is 17.9. The Morgan fingerprint density at radius 3 is 2.93 bits per heavy atom. The minimum absolute atomic E-state index is 0.543. The van der Waals surface area contributed by atoms with E-state index in [0.717, 1.165) is 55.3 Å². The van der Waals surface area contributed by atoms with E-state index in [9.17, 15) is 0 Å². The molecule has 3 aromatic heterocycles. The Kier molecular flexibility index (Phi) is 5.29. The van der Waals surface area contributed by atoms with E-state index in [2.05, 4.69) is 25.2 Å². The number of nitrogens with zero attached hydrogens (tertiary/aromatic N) is 5. The van der Waals surface area contributed by atoms with Crippen molar-refractivity contribution in [1.82, 2.24) is 25.2 Å². The van der Waals surface area contributed by atoms with Crippen molar-refractivity contribution < 1.29 is 9.05 Å². The average Bonchev–Trinajstić information content (AvgIpc) is 3.30. The van der Waals surface area contributed by atoms with Crippen LogP contribution in [0.4, 0.5) is 0 Å². The van der Waals surface area contributed by atoms with Crippen LogP contribution in [0.25, 0.3) is 11.5 Å². The molecule has 1 saturated heterocycles. The summed E-state index contributed by atoms with van der Waals surface area (Å²) in [5.74, 6) is 2.90. The highest BCUT2D eigenvalue weighted by Crippen LogP contribution is 2.24. The number of pyridine rings is 1. The molecule has 0 N–H and O–H groups in total. The smallest absolute Gasteiger partial charge is 0.259 e. The maximum absolute atomic E-state index is 5.38. The predicted octanol–water partition coefficient (Wildman–Crippen LogP) is 3.58. The first-order chi connectivity index (χ1) is 13.2. The SMILES string of the molecule is Cc1noc(C)c1CN1CCCC(CCc2noc(-c3cccnc3)n2)C1. The van der Waals surface area contributed by atoms with E-state index in [4.69, 9.17) is 9.05 Å². The Morgan fingerprint density at radius 2 is 2.15 bits per heavy atom. The lowest BCUT2D eigenvalue weighted by atomic mass is 9.93. The van der Waals surface area contributed by atoms with Crippen molar-refractivity contribution in [3.63, 3.8) is 0 Å². The van der Waals surface area contributed by atoms with Crippen LogP contribution in [0.5, 0.6) is 0 Å². The minimum Gasteiger partial charge on any atom is -0.361 e. The van der Waals surface area contributed by atoms with Crippen molar-refractivity contribution in [2.75, 3.05) is 13.1 Å². The van der Waals surface area contributed by atoms with E-state index < -0.39 is 0 Å². The molecule has 3 aromatic rings. The van der Waals surface area contributed by atoms with Crippen LogP contribution in [-0.4, -0.2) is 38.3 Å². The lowest BCUT2D eigenvalue weighted by Crippen LogP contribution is -2.35. The summed E-state index contributed by atoms with van der Waals surface area (Å²) in [6, 6.07) is 3.80. The van der Waals surface area contributed by atoms with E-state index in [1.807, 2.05) is 26.0 Å². The highest BCUT2D eigenvalue weighted by molar-refractivity contribution is 5.50. The predicted molar refractivity (Wildman–Crippen MR) is 99.8 cm³/mol. The van der Waals surface area contributed by atoms with Crippen LogP contribution in [0.3, 0.4) is 0 Å². The second-order valence-electron chi connectivity index (χ2n) is 7.34. The minimum atomic E-state index is 0.543. The Hall–Kier alpha value is -2.54. The molecule has 1 aliphatic heterocycles. The number of aromatic nitrogens is 4. The normalized spacial score (nSPS) is 18.1. The molecule has 0 spiro atoms. The third-order valence-corrected chi connectivity index (χ3v) is 5.32. The molecule has 7 heteroatoms. The van der Waals surface area contributed by atoms with Crippen molar-refractivity contribution in [3.05, 3.63) is 47.4 Å². The third-order valence-electron chi connectivity index (χ3n) is 5.32. The Labute approximate surface area is 158 Å². The van der Waals surface area contributed by atoms with Gasteiger partial charge in [0.25, 0.3) is 5.89 Å². The quantitative estimate of drug-likeness (QED) is 0.658. The van der Waals surface area contributed by atoms with E-state index in [1.54, 1.807) is 12.4 Å². The van der Waals surface area contributed by atoms with Crippen molar-refractivity contribution >= 4 is 0 Å². The third kappa shape index (κ3) is 4.24. The summed E-state index contributed by atoms with van der Waals surface area (Å²) in [5.41, 5.74) is 3.10. The Bertz CT molecular complexity index is 854. The van der Waals surface area contributed by atoms with Crippen molar-refractivity contribution in [2.45, 2.75) is 46.1 Å². The molecule has 0 aromatic carbocycles. The highest BCUT2D eigenvalue weighted by atomic mass is 16.5. The highest BCUT2D eigenvalue weighted by Gasteiger charge is 2.22. The molecule has 1 aliphatic rings. The van der Waals surface area contributed by atoms with E-state index in [1.165, 1.54) is 18.4 Å². The second-order valence-corrected chi connectivity index (χ2v) is 7.34. The van der Waals surface area contributed by atoms with Gasteiger partial charge in [-0.25, -0.2) is 0 Å². The lowest BCUT2D eigenvalue weighted by Gasteiger charge is -2.32. The number of aryl methyl sites for hydroxylation is 3. The molecule has 0 amide bonds. The van der Waals surface area contributed by atoms with E-state index in [0.29, 0.717) is 11.8 Å². The van der Waals surface area contributed by atoms with Gasteiger partial charge in [-0.3, -0.25) is 9.88 Å². The first-order valence-corrected chi connectivity index (χ1v) is 9.56. The topological polar surface area (TPSA) is 81.1 Å².